The number of Topliss-reactive ketones (excluding diaryl/α,β-unsaturated/α-hetero) is 1. The molecule has 1 fully saturated rings. The van der Waals surface area contributed by atoms with Crippen LogP contribution in [0.2, 0.25) is 5.02 Å². The Morgan fingerprint density at radius 3 is 2.68 bits per heavy atom. The van der Waals surface area contributed by atoms with Crippen molar-refractivity contribution in [2.45, 2.75) is 19.8 Å². The number of likely N-dealkylation sites (tertiary alicyclic amines) is 1. The van der Waals surface area contributed by atoms with Crippen LogP contribution in [0.3, 0.4) is 0 Å². The highest BCUT2D eigenvalue weighted by Crippen LogP contribution is 2.25. The molecule has 25 heavy (non-hydrogen) atoms. The van der Waals surface area contributed by atoms with Gasteiger partial charge in [0.05, 0.1) is 5.56 Å². The summed E-state index contributed by atoms with van der Waals surface area (Å²) in [4.78, 5) is 30.4. The third kappa shape index (κ3) is 4.13. The highest BCUT2D eigenvalue weighted by molar-refractivity contribution is 7.09. The second-order valence-corrected chi connectivity index (χ2v) is 7.01. The molecule has 3 rings (SSSR count). The highest BCUT2D eigenvalue weighted by Gasteiger charge is 2.29. The second kappa shape index (κ2) is 7.45. The zero-order valence-electron chi connectivity index (χ0n) is 13.5. The molecule has 0 aliphatic carbocycles. The molecule has 1 aromatic heterocycles. The lowest BCUT2D eigenvalue weighted by atomic mass is 9.89. The van der Waals surface area contributed by atoms with E-state index in [1.807, 2.05) is 0 Å². The van der Waals surface area contributed by atoms with Crippen LogP contribution in [0.4, 0.5) is 14.3 Å². The Kier molecular flexibility index (Phi) is 5.29. The normalized spacial score (nSPS) is 15.2. The molecule has 2 amide bonds. The minimum absolute atomic E-state index is 0.0524. The summed E-state index contributed by atoms with van der Waals surface area (Å²) in [5.41, 5.74) is 0.0524. The van der Waals surface area contributed by atoms with Crippen molar-refractivity contribution in [3.63, 3.8) is 0 Å². The monoisotopic (exact) mass is 382 g/mol. The molecule has 1 aliphatic heterocycles. The average Bonchev–Trinajstić information content (AvgIpc) is 2.99. The second-order valence-electron chi connectivity index (χ2n) is 5.83. The van der Waals surface area contributed by atoms with Crippen molar-refractivity contribution in [3.05, 3.63) is 40.4 Å². The van der Waals surface area contributed by atoms with Crippen molar-refractivity contribution < 1.29 is 14.0 Å². The Balaban J connectivity index is 1.57. The Hall–Kier alpha value is -2.06. The molecule has 0 saturated carbocycles. The van der Waals surface area contributed by atoms with Crippen LogP contribution in [0.5, 0.6) is 0 Å². The van der Waals surface area contributed by atoms with Crippen molar-refractivity contribution >= 4 is 40.1 Å². The number of aromatic nitrogens is 2. The van der Waals surface area contributed by atoms with E-state index < -0.39 is 5.82 Å². The van der Waals surface area contributed by atoms with Crippen LogP contribution in [-0.2, 0) is 0 Å². The zero-order valence-corrected chi connectivity index (χ0v) is 15.0. The van der Waals surface area contributed by atoms with Gasteiger partial charge in [-0.1, -0.05) is 11.6 Å². The van der Waals surface area contributed by atoms with Crippen LogP contribution >= 0.6 is 23.1 Å². The Bertz CT molecular complexity index is 805. The first-order valence-electron chi connectivity index (χ1n) is 7.79. The molecule has 1 saturated heterocycles. The number of aryl methyl sites for hydroxylation is 1. The summed E-state index contributed by atoms with van der Waals surface area (Å²) in [5, 5.41) is 3.40. The number of ketones is 1. The molecule has 9 heteroatoms. The molecule has 0 bridgehead atoms. The number of urea groups is 1. The van der Waals surface area contributed by atoms with Crippen LogP contribution in [0.25, 0.3) is 0 Å². The van der Waals surface area contributed by atoms with Gasteiger partial charge in [0.15, 0.2) is 5.78 Å². The van der Waals surface area contributed by atoms with Gasteiger partial charge in [0.1, 0.15) is 11.6 Å². The quantitative estimate of drug-likeness (QED) is 0.820. The molecule has 1 N–H and O–H groups in total. The minimum atomic E-state index is -0.607. The fourth-order valence-electron chi connectivity index (χ4n) is 2.77. The maximum absolute atomic E-state index is 13.9. The molecule has 0 spiro atoms. The summed E-state index contributed by atoms with van der Waals surface area (Å²) in [6.45, 7) is 2.60. The number of nitrogens with one attached hydrogen (secondary N) is 1. The van der Waals surface area contributed by atoms with Gasteiger partial charge < -0.3 is 4.90 Å². The predicted molar refractivity (Wildman–Crippen MR) is 93.7 cm³/mol. The molecular weight excluding hydrogens is 367 g/mol. The maximum atomic E-state index is 13.9. The largest absolute Gasteiger partial charge is 0.324 e. The number of piperidine rings is 1. The fourth-order valence-corrected chi connectivity index (χ4v) is 3.50. The fraction of sp³-hybridized carbons (Fsp3) is 0.375. The minimum Gasteiger partial charge on any atom is -0.324 e. The molecule has 1 aromatic carbocycles. The lowest BCUT2D eigenvalue weighted by Crippen LogP contribution is -2.42. The van der Waals surface area contributed by atoms with Gasteiger partial charge in [-0.05, 0) is 38.0 Å². The lowest BCUT2D eigenvalue weighted by molar-refractivity contribution is 0.0855. The molecule has 0 unspecified atom stereocenters. The van der Waals surface area contributed by atoms with Gasteiger partial charge in [-0.3, -0.25) is 10.1 Å². The molecular formula is C16H16ClFN4O2S. The summed E-state index contributed by atoms with van der Waals surface area (Å²) in [7, 11) is 0. The number of rotatable bonds is 3. The van der Waals surface area contributed by atoms with E-state index in [1.165, 1.54) is 12.1 Å². The number of hydrogen-bond acceptors (Lipinski definition) is 5. The standard InChI is InChI=1S/C16H16ClFN4O2S/c1-9-19-15(25-21-9)20-16(24)22-6-4-10(5-7-22)14(23)12-3-2-11(17)8-13(12)18/h2-3,8,10H,4-7H2,1H3,(H,19,20,21,24). The van der Waals surface area contributed by atoms with E-state index in [-0.39, 0.29) is 28.3 Å². The molecule has 0 radical (unpaired) electrons. The summed E-state index contributed by atoms with van der Waals surface area (Å²) in [5.74, 6) is -0.545. The highest BCUT2D eigenvalue weighted by atomic mass is 35.5. The maximum Gasteiger partial charge on any atom is 0.323 e. The Morgan fingerprint density at radius 1 is 1.36 bits per heavy atom. The molecule has 2 aromatic rings. The smallest absolute Gasteiger partial charge is 0.323 e. The van der Waals surface area contributed by atoms with Crippen LogP contribution < -0.4 is 5.32 Å². The van der Waals surface area contributed by atoms with Crippen molar-refractivity contribution in [2.75, 3.05) is 18.4 Å². The van der Waals surface area contributed by atoms with Crippen LogP contribution in [0.1, 0.15) is 29.0 Å². The average molecular weight is 383 g/mol. The van der Waals surface area contributed by atoms with Crippen molar-refractivity contribution in [3.8, 4) is 0 Å². The van der Waals surface area contributed by atoms with Crippen molar-refractivity contribution in [1.29, 1.82) is 0 Å². The van der Waals surface area contributed by atoms with Gasteiger partial charge in [-0.2, -0.15) is 4.37 Å². The van der Waals surface area contributed by atoms with Gasteiger partial charge in [0, 0.05) is 35.6 Å². The van der Waals surface area contributed by atoms with Crippen LogP contribution in [0.15, 0.2) is 18.2 Å². The van der Waals surface area contributed by atoms with Crippen LogP contribution in [-0.4, -0.2) is 39.2 Å². The van der Waals surface area contributed by atoms with Gasteiger partial charge in [-0.25, -0.2) is 14.2 Å². The number of nitrogens with zero attached hydrogens (tertiary/aromatic N) is 3. The van der Waals surface area contributed by atoms with Crippen LogP contribution in [0, 0.1) is 18.7 Å². The molecule has 2 heterocycles. The SMILES string of the molecule is Cc1nsc(NC(=O)N2CCC(C(=O)c3ccc(Cl)cc3F)CC2)n1. The first kappa shape index (κ1) is 17.8. The van der Waals surface area contributed by atoms with Crippen molar-refractivity contribution in [1.82, 2.24) is 14.3 Å². The topological polar surface area (TPSA) is 75.2 Å². The Morgan fingerprint density at radius 2 is 2.08 bits per heavy atom. The number of halogens is 2. The number of carbonyl (C=O) groups is 2. The van der Waals surface area contributed by atoms with Gasteiger partial charge in [0.2, 0.25) is 5.13 Å². The van der Waals surface area contributed by atoms with Gasteiger partial charge >= 0.3 is 6.03 Å². The third-order valence-electron chi connectivity index (χ3n) is 4.09. The van der Waals surface area contributed by atoms with E-state index in [0.717, 1.165) is 17.6 Å². The first-order chi connectivity index (χ1) is 11.9. The number of hydrogen-bond donors (Lipinski definition) is 1. The van der Waals surface area contributed by atoms with E-state index in [4.69, 9.17) is 11.6 Å². The van der Waals surface area contributed by atoms with E-state index in [9.17, 15) is 14.0 Å². The van der Waals surface area contributed by atoms with E-state index in [1.54, 1.807) is 11.8 Å². The summed E-state index contributed by atoms with van der Waals surface area (Å²) < 4.78 is 17.9. The predicted octanol–water partition coefficient (Wildman–Crippen LogP) is 3.77. The zero-order chi connectivity index (χ0) is 18.0. The molecule has 6 nitrogen and oxygen atoms in total. The van der Waals surface area contributed by atoms with Gasteiger partial charge in [0.25, 0.3) is 0 Å². The van der Waals surface area contributed by atoms with E-state index >= 15 is 0 Å². The summed E-state index contributed by atoms with van der Waals surface area (Å²) >= 11 is 6.84. The lowest BCUT2D eigenvalue weighted by Gasteiger charge is -2.31. The number of carbonyl (C=O) groups excluding carboxylic acids is 2. The number of anilines is 1. The molecule has 1 aliphatic rings. The van der Waals surface area contributed by atoms with E-state index in [2.05, 4.69) is 14.7 Å². The Labute approximate surface area is 153 Å². The van der Waals surface area contributed by atoms with Crippen molar-refractivity contribution in [2.24, 2.45) is 5.92 Å². The molecule has 132 valence electrons. The van der Waals surface area contributed by atoms with E-state index in [0.29, 0.717) is 36.9 Å². The summed E-state index contributed by atoms with van der Waals surface area (Å²) in [6.07, 6.45) is 0.979. The number of benzene rings is 1. The summed E-state index contributed by atoms with van der Waals surface area (Å²) in [6, 6.07) is 3.79. The molecule has 0 atom stereocenters. The van der Waals surface area contributed by atoms with Gasteiger partial charge in [-0.15, -0.1) is 0 Å². The third-order valence-corrected chi connectivity index (χ3v) is 5.05. The number of amides is 2. The first-order valence-corrected chi connectivity index (χ1v) is 8.94.